The third-order valence-corrected chi connectivity index (χ3v) is 4.13. The van der Waals surface area contributed by atoms with Crippen LogP contribution in [0, 0.1) is 0 Å². The molecule has 0 N–H and O–H groups in total. The summed E-state index contributed by atoms with van der Waals surface area (Å²) in [6, 6.07) is 8.21. The van der Waals surface area contributed by atoms with Gasteiger partial charge in [-0.2, -0.15) is 0 Å². The first-order chi connectivity index (χ1) is 9.86. The Morgan fingerprint density at radius 1 is 1.24 bits per heavy atom. The quantitative estimate of drug-likeness (QED) is 0.775. The first kappa shape index (κ1) is 15.7. The van der Waals surface area contributed by atoms with Gasteiger partial charge in [-0.25, -0.2) is 4.98 Å². The number of ketones is 1. The Morgan fingerprint density at radius 2 is 1.90 bits per heavy atom. The molecule has 112 valence electrons. The number of benzene rings is 1. The zero-order valence-electron chi connectivity index (χ0n) is 13.0. The molecule has 4 heteroatoms. The van der Waals surface area contributed by atoms with Gasteiger partial charge in [-0.1, -0.05) is 32.9 Å². The normalized spacial score (nSPS) is 11.4. The van der Waals surface area contributed by atoms with E-state index in [1.165, 1.54) is 23.8 Å². The lowest BCUT2D eigenvalue weighted by Gasteiger charge is -2.19. The molecule has 1 heterocycles. The first-order valence-corrected chi connectivity index (χ1v) is 7.93. The molecule has 21 heavy (non-hydrogen) atoms. The highest BCUT2D eigenvalue weighted by Crippen LogP contribution is 2.24. The maximum atomic E-state index is 11.2. The lowest BCUT2D eigenvalue weighted by molar-refractivity contribution is 0.101. The second-order valence-electron chi connectivity index (χ2n) is 6.06. The largest absolute Gasteiger partial charge is 0.493 e. The van der Waals surface area contributed by atoms with Crippen LogP contribution in [0.25, 0.3) is 0 Å². The minimum Gasteiger partial charge on any atom is -0.493 e. The Bertz CT molecular complexity index is 608. The van der Waals surface area contributed by atoms with E-state index in [9.17, 15) is 4.79 Å². The Morgan fingerprint density at radius 3 is 2.43 bits per heavy atom. The molecule has 0 fully saturated rings. The van der Waals surface area contributed by atoms with E-state index in [2.05, 4.69) is 37.9 Å². The molecule has 0 aliphatic heterocycles. The third-order valence-electron chi connectivity index (χ3n) is 3.22. The van der Waals surface area contributed by atoms with Gasteiger partial charge in [0.2, 0.25) is 0 Å². The monoisotopic (exact) mass is 303 g/mol. The van der Waals surface area contributed by atoms with Crippen molar-refractivity contribution in [1.82, 2.24) is 4.98 Å². The molecule has 0 aliphatic carbocycles. The average Bonchev–Trinajstić information content (AvgIpc) is 2.87. The summed E-state index contributed by atoms with van der Waals surface area (Å²) in [5, 5.41) is 2.74. The molecule has 0 unspecified atom stereocenters. The highest BCUT2D eigenvalue weighted by Gasteiger charge is 2.13. The van der Waals surface area contributed by atoms with E-state index in [1.54, 1.807) is 5.38 Å². The van der Waals surface area contributed by atoms with Crippen molar-refractivity contribution in [1.29, 1.82) is 0 Å². The van der Waals surface area contributed by atoms with Crippen LogP contribution < -0.4 is 4.74 Å². The van der Waals surface area contributed by atoms with Gasteiger partial charge in [0, 0.05) is 18.7 Å². The number of hydrogen-bond donors (Lipinski definition) is 0. The Hall–Kier alpha value is -1.68. The number of carbonyl (C=O) groups is 1. The van der Waals surface area contributed by atoms with E-state index in [-0.39, 0.29) is 11.2 Å². The van der Waals surface area contributed by atoms with Crippen molar-refractivity contribution in [3.05, 3.63) is 45.9 Å². The molecule has 0 spiro atoms. The molecule has 0 radical (unpaired) electrons. The fourth-order valence-electron chi connectivity index (χ4n) is 1.89. The molecule has 3 nitrogen and oxygen atoms in total. The number of Topliss-reactive ketones (excluding diaryl/α,β-unsaturated/α-hetero) is 1. The van der Waals surface area contributed by atoms with Crippen LogP contribution in [0.5, 0.6) is 5.75 Å². The minimum absolute atomic E-state index is 0.0104. The topological polar surface area (TPSA) is 39.2 Å². The van der Waals surface area contributed by atoms with Crippen LogP contribution in [0.2, 0.25) is 0 Å². The first-order valence-electron chi connectivity index (χ1n) is 7.05. The molecular weight excluding hydrogens is 282 g/mol. The zero-order chi connectivity index (χ0) is 15.5. The lowest BCUT2D eigenvalue weighted by Crippen LogP contribution is -2.10. The molecule has 2 rings (SSSR count). The van der Waals surface area contributed by atoms with Gasteiger partial charge in [-0.3, -0.25) is 4.79 Å². The van der Waals surface area contributed by atoms with Crippen molar-refractivity contribution in [2.24, 2.45) is 0 Å². The maximum Gasteiger partial charge on any atom is 0.178 e. The summed E-state index contributed by atoms with van der Waals surface area (Å²) in [7, 11) is 0. The fraction of sp³-hybridized carbons (Fsp3) is 0.412. The molecule has 0 aliphatic rings. The van der Waals surface area contributed by atoms with E-state index in [4.69, 9.17) is 4.74 Å². The summed E-state index contributed by atoms with van der Waals surface area (Å²) in [6.07, 6.45) is 0.721. The molecule has 0 amide bonds. The zero-order valence-corrected chi connectivity index (χ0v) is 13.8. The number of ether oxygens (including phenoxy) is 1. The number of nitrogens with zero attached hydrogens (tertiary/aromatic N) is 1. The van der Waals surface area contributed by atoms with Crippen LogP contribution in [0.1, 0.15) is 48.8 Å². The molecule has 0 saturated carbocycles. The summed E-state index contributed by atoms with van der Waals surface area (Å²) in [5.41, 5.74) is 1.99. The van der Waals surface area contributed by atoms with Crippen molar-refractivity contribution in [2.75, 3.05) is 6.61 Å². The summed E-state index contributed by atoms with van der Waals surface area (Å²) in [4.78, 5) is 15.5. The fourth-order valence-corrected chi connectivity index (χ4v) is 2.71. The number of rotatable bonds is 5. The van der Waals surface area contributed by atoms with E-state index >= 15 is 0 Å². The van der Waals surface area contributed by atoms with Gasteiger partial charge in [0.15, 0.2) is 5.78 Å². The summed E-state index contributed by atoms with van der Waals surface area (Å²) in [5.74, 6) is 0.877. The average molecular weight is 303 g/mol. The van der Waals surface area contributed by atoms with Crippen LogP contribution in [-0.4, -0.2) is 17.4 Å². The highest BCUT2D eigenvalue weighted by atomic mass is 32.1. The second-order valence-corrected chi connectivity index (χ2v) is 7.00. The second kappa shape index (κ2) is 6.39. The minimum atomic E-state index is 0.0104. The molecule has 0 atom stereocenters. The standard InChI is InChI=1S/C17H21NO2S/c1-12(19)15-11-21-16(18-15)9-10-20-14-7-5-13(6-8-14)17(2,3)4/h5-8,11H,9-10H2,1-4H3. The van der Waals surface area contributed by atoms with Crippen molar-refractivity contribution in [3.63, 3.8) is 0 Å². The van der Waals surface area contributed by atoms with Crippen LogP contribution in [0.15, 0.2) is 29.6 Å². The lowest BCUT2D eigenvalue weighted by atomic mass is 9.87. The number of thiazole rings is 1. The maximum absolute atomic E-state index is 11.2. The van der Waals surface area contributed by atoms with Crippen molar-refractivity contribution in [2.45, 2.75) is 39.5 Å². The molecule has 0 saturated heterocycles. The smallest absolute Gasteiger partial charge is 0.178 e. The number of carbonyl (C=O) groups excluding carboxylic acids is 1. The van der Waals surface area contributed by atoms with Crippen LogP contribution in [-0.2, 0) is 11.8 Å². The van der Waals surface area contributed by atoms with E-state index in [0.717, 1.165) is 17.2 Å². The van der Waals surface area contributed by atoms with E-state index in [1.807, 2.05) is 12.1 Å². The van der Waals surface area contributed by atoms with Gasteiger partial charge < -0.3 is 4.74 Å². The predicted molar refractivity (Wildman–Crippen MR) is 86.5 cm³/mol. The molecule has 2 aromatic rings. The van der Waals surface area contributed by atoms with Crippen LogP contribution in [0.3, 0.4) is 0 Å². The Labute approximate surface area is 130 Å². The van der Waals surface area contributed by atoms with Gasteiger partial charge in [0.25, 0.3) is 0 Å². The predicted octanol–water partition coefficient (Wildman–Crippen LogP) is 4.26. The summed E-state index contributed by atoms with van der Waals surface area (Å²) in [6.45, 7) is 8.68. The van der Waals surface area contributed by atoms with Gasteiger partial charge in [0.05, 0.1) is 11.6 Å². The van der Waals surface area contributed by atoms with Crippen molar-refractivity contribution in [3.8, 4) is 5.75 Å². The number of hydrogen-bond acceptors (Lipinski definition) is 4. The van der Waals surface area contributed by atoms with Gasteiger partial charge >= 0.3 is 0 Å². The molecule has 1 aromatic heterocycles. The van der Waals surface area contributed by atoms with Gasteiger partial charge in [-0.15, -0.1) is 11.3 Å². The summed E-state index contributed by atoms with van der Waals surface area (Å²) >= 11 is 1.51. The van der Waals surface area contributed by atoms with Crippen molar-refractivity contribution < 1.29 is 9.53 Å². The molecule has 0 bridgehead atoms. The van der Waals surface area contributed by atoms with Crippen LogP contribution >= 0.6 is 11.3 Å². The van der Waals surface area contributed by atoms with Crippen molar-refractivity contribution >= 4 is 17.1 Å². The van der Waals surface area contributed by atoms with E-state index in [0.29, 0.717) is 12.3 Å². The molecular formula is C17H21NO2S. The SMILES string of the molecule is CC(=O)c1csc(CCOc2ccc(C(C)(C)C)cc2)n1. The van der Waals surface area contributed by atoms with Crippen LogP contribution in [0.4, 0.5) is 0 Å². The van der Waals surface area contributed by atoms with E-state index < -0.39 is 0 Å². The Balaban J connectivity index is 1.87. The summed E-state index contributed by atoms with van der Waals surface area (Å²) < 4.78 is 5.73. The van der Waals surface area contributed by atoms with Gasteiger partial charge in [-0.05, 0) is 23.1 Å². The molecule has 1 aromatic carbocycles. The number of aromatic nitrogens is 1. The Kier molecular flexibility index (Phi) is 4.78. The van der Waals surface area contributed by atoms with Gasteiger partial charge in [0.1, 0.15) is 11.4 Å². The highest BCUT2D eigenvalue weighted by molar-refractivity contribution is 7.09. The third kappa shape index (κ3) is 4.39.